The summed E-state index contributed by atoms with van der Waals surface area (Å²) in [6.45, 7) is 3.66. The van der Waals surface area contributed by atoms with Gasteiger partial charge in [0.2, 0.25) is 0 Å². The number of rotatable bonds is 5. The minimum atomic E-state index is -0.0737. The number of fused-ring (bicyclic) bond motifs is 1. The second-order valence-electron chi connectivity index (χ2n) is 5.44. The van der Waals surface area contributed by atoms with Gasteiger partial charge >= 0.3 is 0 Å². The molecule has 2 N–H and O–H groups in total. The predicted molar refractivity (Wildman–Crippen MR) is 106 cm³/mol. The zero-order valence-electron chi connectivity index (χ0n) is 14.3. The average molecular weight is 458 g/mol. The number of nitrogens with one attached hydrogen (secondary N) is 2. The molecular formula is C17H23IN4O3. The number of benzene rings is 1. The first-order valence-corrected chi connectivity index (χ1v) is 8.06. The minimum absolute atomic E-state index is 0. The lowest BCUT2D eigenvalue weighted by atomic mass is 10.2. The molecule has 1 aromatic heterocycles. The highest BCUT2D eigenvalue weighted by Crippen LogP contribution is 2.30. The van der Waals surface area contributed by atoms with Crippen LogP contribution in [0.15, 0.2) is 39.8 Å². The molecule has 1 atom stereocenters. The van der Waals surface area contributed by atoms with E-state index in [1.54, 1.807) is 7.05 Å². The molecular weight excluding hydrogens is 435 g/mol. The van der Waals surface area contributed by atoms with Gasteiger partial charge in [-0.15, -0.1) is 24.0 Å². The highest BCUT2D eigenvalue weighted by Gasteiger charge is 2.20. The van der Waals surface area contributed by atoms with Crippen molar-refractivity contribution in [3.8, 4) is 11.5 Å². The summed E-state index contributed by atoms with van der Waals surface area (Å²) in [5, 5.41) is 10.4. The third-order valence-corrected chi connectivity index (χ3v) is 3.69. The van der Waals surface area contributed by atoms with Crippen LogP contribution < -0.4 is 20.1 Å². The van der Waals surface area contributed by atoms with E-state index >= 15 is 0 Å². The van der Waals surface area contributed by atoms with E-state index in [1.165, 1.54) is 0 Å². The molecule has 1 aliphatic heterocycles. The molecule has 0 radical (unpaired) electrons. The molecule has 0 amide bonds. The normalized spacial score (nSPS) is 16.1. The van der Waals surface area contributed by atoms with Crippen LogP contribution in [0.5, 0.6) is 11.5 Å². The molecule has 0 saturated carbocycles. The van der Waals surface area contributed by atoms with Crippen molar-refractivity contribution in [3.63, 3.8) is 0 Å². The van der Waals surface area contributed by atoms with Crippen LogP contribution in [0.1, 0.15) is 18.4 Å². The summed E-state index contributed by atoms with van der Waals surface area (Å²) in [4.78, 5) is 4.19. The maximum atomic E-state index is 5.91. The molecule has 0 spiro atoms. The van der Waals surface area contributed by atoms with Gasteiger partial charge in [0.15, 0.2) is 23.2 Å². The maximum absolute atomic E-state index is 5.91. The van der Waals surface area contributed by atoms with Crippen LogP contribution in [-0.2, 0) is 13.0 Å². The van der Waals surface area contributed by atoms with Crippen LogP contribution in [0.2, 0.25) is 0 Å². The molecule has 25 heavy (non-hydrogen) atoms. The predicted octanol–water partition coefficient (Wildman–Crippen LogP) is 2.36. The lowest BCUT2D eigenvalue weighted by molar-refractivity contribution is 0.0936. The molecule has 136 valence electrons. The quantitative estimate of drug-likeness (QED) is 0.407. The summed E-state index contributed by atoms with van der Waals surface area (Å²) in [6, 6.07) is 9.61. The zero-order valence-corrected chi connectivity index (χ0v) is 16.7. The minimum Gasteiger partial charge on any atom is -0.486 e. The molecule has 2 aromatic rings. The Bertz CT molecular complexity index is 705. The van der Waals surface area contributed by atoms with Gasteiger partial charge in [-0.2, -0.15) is 0 Å². The number of hydrogen-bond acceptors (Lipinski definition) is 5. The summed E-state index contributed by atoms with van der Waals surface area (Å²) >= 11 is 0. The first-order chi connectivity index (χ1) is 11.8. The molecule has 1 aromatic carbocycles. The number of guanidine groups is 1. The van der Waals surface area contributed by atoms with Crippen molar-refractivity contribution >= 4 is 29.9 Å². The van der Waals surface area contributed by atoms with E-state index < -0.39 is 0 Å². The summed E-state index contributed by atoms with van der Waals surface area (Å²) in [5.74, 6) is 3.01. The Morgan fingerprint density at radius 3 is 2.80 bits per heavy atom. The zero-order chi connectivity index (χ0) is 16.8. The van der Waals surface area contributed by atoms with Crippen molar-refractivity contribution < 1.29 is 14.0 Å². The number of aliphatic imine (C=N–C) groups is 1. The number of aromatic nitrogens is 1. The Balaban J connectivity index is 0.00000225. The van der Waals surface area contributed by atoms with Crippen LogP contribution in [0.4, 0.5) is 0 Å². The fourth-order valence-corrected chi connectivity index (χ4v) is 2.37. The summed E-state index contributed by atoms with van der Waals surface area (Å²) < 4.78 is 16.9. The number of nitrogens with zero attached hydrogens (tertiary/aromatic N) is 2. The van der Waals surface area contributed by atoms with Gasteiger partial charge in [0.1, 0.15) is 12.7 Å². The third-order valence-electron chi connectivity index (χ3n) is 3.69. The second-order valence-corrected chi connectivity index (χ2v) is 5.44. The van der Waals surface area contributed by atoms with E-state index in [1.807, 2.05) is 37.3 Å². The van der Waals surface area contributed by atoms with Gasteiger partial charge in [0, 0.05) is 13.1 Å². The molecule has 1 unspecified atom stereocenters. The van der Waals surface area contributed by atoms with Gasteiger partial charge in [-0.3, -0.25) is 4.99 Å². The molecule has 0 saturated heterocycles. The van der Waals surface area contributed by atoms with E-state index in [0.717, 1.165) is 29.4 Å². The van der Waals surface area contributed by atoms with Crippen molar-refractivity contribution in [2.75, 3.05) is 20.2 Å². The molecule has 2 heterocycles. The summed E-state index contributed by atoms with van der Waals surface area (Å²) in [6.07, 6.45) is 0.784. The number of hydrogen-bond donors (Lipinski definition) is 2. The second kappa shape index (κ2) is 9.50. The lowest BCUT2D eigenvalue weighted by Gasteiger charge is -2.27. The SMILES string of the molecule is CCc1cc(CNC(=NC)NCC2COc3ccccc3O2)on1.I. The van der Waals surface area contributed by atoms with E-state index in [9.17, 15) is 0 Å². The van der Waals surface area contributed by atoms with Crippen molar-refractivity contribution in [1.82, 2.24) is 15.8 Å². The Kier molecular flexibility index (Phi) is 7.35. The van der Waals surface area contributed by atoms with Gasteiger partial charge in [-0.1, -0.05) is 24.2 Å². The van der Waals surface area contributed by atoms with Crippen molar-refractivity contribution in [2.24, 2.45) is 4.99 Å². The monoisotopic (exact) mass is 458 g/mol. The smallest absolute Gasteiger partial charge is 0.191 e. The first kappa shape index (κ1) is 19.4. The van der Waals surface area contributed by atoms with E-state index in [2.05, 4.69) is 20.8 Å². The fraction of sp³-hybridized carbons (Fsp3) is 0.412. The Morgan fingerprint density at radius 1 is 1.28 bits per heavy atom. The summed E-state index contributed by atoms with van der Waals surface area (Å²) in [5.41, 5.74) is 0.946. The fourth-order valence-electron chi connectivity index (χ4n) is 2.37. The number of para-hydroxylation sites is 2. The highest BCUT2D eigenvalue weighted by molar-refractivity contribution is 14.0. The molecule has 7 nitrogen and oxygen atoms in total. The van der Waals surface area contributed by atoms with Crippen LogP contribution in [0, 0.1) is 0 Å². The highest BCUT2D eigenvalue weighted by atomic mass is 127. The molecule has 3 rings (SSSR count). The summed E-state index contributed by atoms with van der Waals surface area (Å²) in [7, 11) is 1.72. The van der Waals surface area contributed by atoms with Crippen molar-refractivity contribution in [1.29, 1.82) is 0 Å². The Hall–Kier alpha value is -1.97. The van der Waals surface area contributed by atoms with Crippen LogP contribution in [0.25, 0.3) is 0 Å². The standard InChI is InChI=1S/C17H22N4O3.HI/c1-3-12-8-13(24-21-12)9-19-17(18-2)20-10-14-11-22-15-6-4-5-7-16(15)23-14;/h4-8,14H,3,9-11H2,1-2H3,(H2,18,19,20);1H. The molecule has 0 aliphatic carbocycles. The van der Waals surface area contributed by atoms with Gasteiger partial charge in [0.25, 0.3) is 0 Å². The first-order valence-electron chi connectivity index (χ1n) is 8.06. The number of halogens is 1. The third kappa shape index (κ3) is 5.25. The van der Waals surface area contributed by atoms with E-state index in [4.69, 9.17) is 14.0 Å². The van der Waals surface area contributed by atoms with Crippen molar-refractivity contribution in [3.05, 3.63) is 41.8 Å². The molecule has 0 bridgehead atoms. The lowest BCUT2D eigenvalue weighted by Crippen LogP contribution is -2.45. The van der Waals surface area contributed by atoms with E-state index in [-0.39, 0.29) is 30.1 Å². The average Bonchev–Trinajstić information content (AvgIpc) is 3.10. The van der Waals surface area contributed by atoms with Gasteiger partial charge in [0.05, 0.1) is 18.8 Å². The maximum Gasteiger partial charge on any atom is 0.191 e. The number of aryl methyl sites for hydroxylation is 1. The molecule has 0 fully saturated rings. The molecule has 1 aliphatic rings. The number of ether oxygens (including phenoxy) is 2. The van der Waals surface area contributed by atoms with Gasteiger partial charge < -0.3 is 24.6 Å². The van der Waals surface area contributed by atoms with E-state index in [0.29, 0.717) is 25.7 Å². The van der Waals surface area contributed by atoms with Crippen molar-refractivity contribution in [2.45, 2.75) is 26.0 Å². The van der Waals surface area contributed by atoms with Crippen LogP contribution in [0.3, 0.4) is 0 Å². The molecule has 8 heteroatoms. The van der Waals surface area contributed by atoms with Gasteiger partial charge in [-0.25, -0.2) is 0 Å². The van der Waals surface area contributed by atoms with Gasteiger partial charge in [-0.05, 0) is 18.6 Å². The van der Waals surface area contributed by atoms with Crippen LogP contribution in [-0.4, -0.2) is 37.4 Å². The largest absolute Gasteiger partial charge is 0.486 e. The topological polar surface area (TPSA) is 80.9 Å². The Morgan fingerprint density at radius 2 is 2.08 bits per heavy atom. The Labute approximate surface area is 164 Å². The van der Waals surface area contributed by atoms with Crippen LogP contribution >= 0.6 is 24.0 Å².